The van der Waals surface area contributed by atoms with Crippen molar-refractivity contribution in [3.05, 3.63) is 33.3 Å². The van der Waals surface area contributed by atoms with Crippen LogP contribution in [0, 0.1) is 5.92 Å². The molecule has 1 aliphatic carbocycles. The first-order chi connectivity index (χ1) is 7.09. The summed E-state index contributed by atoms with van der Waals surface area (Å²) < 4.78 is 0.825. The first-order valence-corrected chi connectivity index (χ1v) is 5.94. The van der Waals surface area contributed by atoms with Gasteiger partial charge in [-0.1, -0.05) is 27.5 Å². The van der Waals surface area contributed by atoms with Gasteiger partial charge in [-0.05, 0) is 42.5 Å². The topological polar surface area (TPSA) is 37.3 Å². The molecule has 1 fully saturated rings. The van der Waals surface area contributed by atoms with Crippen molar-refractivity contribution in [1.82, 2.24) is 0 Å². The van der Waals surface area contributed by atoms with Gasteiger partial charge in [-0.2, -0.15) is 0 Å². The van der Waals surface area contributed by atoms with Gasteiger partial charge in [0.25, 0.3) is 0 Å². The monoisotopic (exact) mass is 288 g/mol. The van der Waals surface area contributed by atoms with E-state index >= 15 is 0 Å². The van der Waals surface area contributed by atoms with Gasteiger partial charge in [0.15, 0.2) is 0 Å². The van der Waals surface area contributed by atoms with E-state index in [1.54, 1.807) is 18.2 Å². The predicted molar refractivity (Wildman–Crippen MR) is 62.3 cm³/mol. The lowest BCUT2D eigenvalue weighted by Crippen LogP contribution is -2.14. The Morgan fingerprint density at radius 2 is 2.20 bits per heavy atom. The highest BCUT2D eigenvalue weighted by molar-refractivity contribution is 9.10. The van der Waals surface area contributed by atoms with Crippen molar-refractivity contribution in [2.45, 2.75) is 18.8 Å². The first-order valence-electron chi connectivity index (χ1n) is 4.77. The van der Waals surface area contributed by atoms with Crippen LogP contribution < -0.4 is 0 Å². The highest BCUT2D eigenvalue weighted by Crippen LogP contribution is 2.45. The summed E-state index contributed by atoms with van der Waals surface area (Å²) in [5.41, 5.74) is 0.789. The molecule has 0 amide bonds. The lowest BCUT2D eigenvalue weighted by Gasteiger charge is -2.13. The molecule has 0 aliphatic heterocycles. The van der Waals surface area contributed by atoms with E-state index in [0.717, 1.165) is 22.9 Å². The highest BCUT2D eigenvalue weighted by atomic mass is 79.9. The summed E-state index contributed by atoms with van der Waals surface area (Å²) in [5.74, 6) is -0.907. The summed E-state index contributed by atoms with van der Waals surface area (Å²) in [6.07, 6.45) is 1.99. The number of aliphatic carboxylic acids is 1. The Bertz CT molecular complexity index is 402. The standard InChI is InChI=1S/C11H10BrClO2/c12-9-4-3-7(13)5-8(9)10(11(14)15)6-1-2-6/h3-6,10H,1-2H2,(H,14,15). The molecule has 1 unspecified atom stereocenters. The molecular weight excluding hydrogens is 279 g/mol. The van der Waals surface area contributed by atoms with Gasteiger partial charge < -0.3 is 5.11 Å². The van der Waals surface area contributed by atoms with Crippen LogP contribution in [0.5, 0.6) is 0 Å². The van der Waals surface area contributed by atoms with Crippen LogP contribution in [-0.2, 0) is 4.79 Å². The number of hydrogen-bond donors (Lipinski definition) is 1. The molecule has 1 N–H and O–H groups in total. The van der Waals surface area contributed by atoms with E-state index in [2.05, 4.69) is 15.9 Å². The Morgan fingerprint density at radius 1 is 1.53 bits per heavy atom. The van der Waals surface area contributed by atoms with E-state index in [9.17, 15) is 9.90 Å². The average molecular weight is 290 g/mol. The lowest BCUT2D eigenvalue weighted by molar-refractivity contribution is -0.139. The highest BCUT2D eigenvalue weighted by Gasteiger charge is 2.38. The zero-order valence-electron chi connectivity index (χ0n) is 7.91. The maximum atomic E-state index is 11.2. The van der Waals surface area contributed by atoms with Gasteiger partial charge in [0.1, 0.15) is 0 Å². The molecule has 0 radical (unpaired) electrons. The van der Waals surface area contributed by atoms with Crippen LogP contribution in [0.15, 0.2) is 22.7 Å². The maximum Gasteiger partial charge on any atom is 0.311 e. The molecule has 1 saturated carbocycles. The molecule has 0 spiro atoms. The van der Waals surface area contributed by atoms with Gasteiger partial charge in [-0.15, -0.1) is 0 Å². The van der Waals surface area contributed by atoms with Gasteiger partial charge in [-0.3, -0.25) is 4.79 Å². The maximum absolute atomic E-state index is 11.2. The van der Waals surface area contributed by atoms with Crippen LogP contribution in [0.25, 0.3) is 0 Å². The summed E-state index contributed by atoms with van der Waals surface area (Å²) in [5, 5.41) is 9.77. The predicted octanol–water partition coefficient (Wildman–Crippen LogP) is 3.68. The fraction of sp³-hybridized carbons (Fsp3) is 0.364. The van der Waals surface area contributed by atoms with Crippen molar-refractivity contribution in [2.24, 2.45) is 5.92 Å². The minimum atomic E-state index is -0.763. The molecule has 0 heterocycles. The van der Waals surface area contributed by atoms with Crippen molar-refractivity contribution >= 4 is 33.5 Å². The Morgan fingerprint density at radius 3 is 2.73 bits per heavy atom. The molecule has 2 nitrogen and oxygen atoms in total. The number of carboxylic acid groups (broad SMARTS) is 1. The SMILES string of the molecule is O=C(O)C(c1cc(Cl)ccc1Br)C1CC1. The summed E-state index contributed by atoms with van der Waals surface area (Å²) in [6, 6.07) is 5.29. The number of rotatable bonds is 3. The molecule has 1 aromatic carbocycles. The minimum absolute atomic E-state index is 0.275. The third-order valence-corrected chi connectivity index (χ3v) is 3.61. The second-order valence-electron chi connectivity index (χ2n) is 3.82. The molecule has 80 valence electrons. The van der Waals surface area contributed by atoms with Gasteiger partial charge in [-0.25, -0.2) is 0 Å². The smallest absolute Gasteiger partial charge is 0.311 e. The Hall–Kier alpha value is -0.540. The largest absolute Gasteiger partial charge is 0.481 e. The van der Waals surface area contributed by atoms with E-state index in [1.165, 1.54) is 0 Å². The van der Waals surface area contributed by atoms with Crippen LogP contribution in [0.2, 0.25) is 5.02 Å². The normalized spacial score (nSPS) is 17.5. The van der Waals surface area contributed by atoms with Gasteiger partial charge in [0, 0.05) is 9.50 Å². The first kappa shape index (κ1) is 11.0. The number of halogens is 2. The summed E-state index contributed by atoms with van der Waals surface area (Å²) >= 11 is 9.25. The third kappa shape index (κ3) is 2.34. The fourth-order valence-corrected chi connectivity index (χ4v) is 2.44. The van der Waals surface area contributed by atoms with Crippen molar-refractivity contribution < 1.29 is 9.90 Å². The number of benzene rings is 1. The van der Waals surface area contributed by atoms with Crippen LogP contribution in [-0.4, -0.2) is 11.1 Å². The van der Waals surface area contributed by atoms with Gasteiger partial charge in [0.05, 0.1) is 5.92 Å². The molecule has 1 aromatic rings. The summed E-state index contributed by atoms with van der Waals surface area (Å²) in [7, 11) is 0. The molecule has 0 bridgehead atoms. The second kappa shape index (κ2) is 4.14. The summed E-state index contributed by atoms with van der Waals surface area (Å²) in [6.45, 7) is 0. The fourth-order valence-electron chi connectivity index (χ4n) is 1.77. The van der Waals surface area contributed by atoms with Crippen molar-refractivity contribution in [1.29, 1.82) is 0 Å². The molecule has 2 rings (SSSR count). The second-order valence-corrected chi connectivity index (χ2v) is 5.11. The van der Waals surface area contributed by atoms with E-state index < -0.39 is 11.9 Å². The third-order valence-electron chi connectivity index (χ3n) is 2.65. The van der Waals surface area contributed by atoms with Crippen LogP contribution in [0.4, 0.5) is 0 Å². The van der Waals surface area contributed by atoms with Crippen LogP contribution >= 0.6 is 27.5 Å². The molecule has 0 saturated heterocycles. The quantitative estimate of drug-likeness (QED) is 0.921. The Labute approximate surface area is 101 Å². The molecule has 1 atom stereocenters. The molecule has 4 heteroatoms. The van der Waals surface area contributed by atoms with E-state index in [1.807, 2.05) is 0 Å². The van der Waals surface area contributed by atoms with Crippen LogP contribution in [0.1, 0.15) is 24.3 Å². The summed E-state index contributed by atoms with van der Waals surface area (Å²) in [4.78, 5) is 11.2. The molecule has 15 heavy (non-hydrogen) atoms. The zero-order chi connectivity index (χ0) is 11.0. The van der Waals surface area contributed by atoms with Gasteiger partial charge in [0.2, 0.25) is 0 Å². The molecular formula is C11H10BrClO2. The Kier molecular flexibility index (Phi) is 3.03. The Balaban J connectivity index is 2.40. The molecule has 0 aromatic heterocycles. The van der Waals surface area contributed by atoms with E-state index in [4.69, 9.17) is 11.6 Å². The number of carbonyl (C=O) groups is 1. The number of carboxylic acids is 1. The van der Waals surface area contributed by atoms with Gasteiger partial charge >= 0.3 is 5.97 Å². The van der Waals surface area contributed by atoms with Crippen molar-refractivity contribution in [2.75, 3.05) is 0 Å². The average Bonchev–Trinajstić information content (AvgIpc) is 2.95. The minimum Gasteiger partial charge on any atom is -0.481 e. The molecule has 1 aliphatic rings. The van der Waals surface area contributed by atoms with Crippen molar-refractivity contribution in [3.63, 3.8) is 0 Å². The van der Waals surface area contributed by atoms with E-state index in [0.29, 0.717) is 5.02 Å². The zero-order valence-corrected chi connectivity index (χ0v) is 10.3. The van der Waals surface area contributed by atoms with Crippen molar-refractivity contribution in [3.8, 4) is 0 Å². The number of hydrogen-bond acceptors (Lipinski definition) is 1. The lowest BCUT2D eigenvalue weighted by atomic mass is 9.94. The van der Waals surface area contributed by atoms with E-state index in [-0.39, 0.29) is 5.92 Å². The van der Waals surface area contributed by atoms with Crippen LogP contribution in [0.3, 0.4) is 0 Å².